The monoisotopic (exact) mass is 292 g/mol. The molecule has 21 heavy (non-hydrogen) atoms. The lowest BCUT2D eigenvalue weighted by Gasteiger charge is -2.08. The van der Waals surface area contributed by atoms with Crippen LogP contribution >= 0.6 is 0 Å². The van der Waals surface area contributed by atoms with Crippen molar-refractivity contribution in [1.29, 1.82) is 0 Å². The summed E-state index contributed by atoms with van der Waals surface area (Å²) in [6, 6.07) is 10.2. The Hall–Kier alpha value is -2.47. The summed E-state index contributed by atoms with van der Waals surface area (Å²) >= 11 is 0. The van der Waals surface area contributed by atoms with E-state index in [9.17, 15) is 13.6 Å². The van der Waals surface area contributed by atoms with Gasteiger partial charge >= 0.3 is 0 Å². The van der Waals surface area contributed by atoms with Crippen molar-refractivity contribution in [2.24, 2.45) is 5.73 Å². The van der Waals surface area contributed by atoms with Crippen molar-refractivity contribution >= 4 is 11.6 Å². The number of hydrogen-bond donors (Lipinski definition) is 2. The maximum atomic E-state index is 13.0. The average molecular weight is 292 g/mol. The summed E-state index contributed by atoms with van der Waals surface area (Å²) in [5.41, 5.74) is 6.98. The third kappa shape index (κ3) is 4.25. The molecule has 0 spiro atoms. The highest BCUT2D eigenvalue weighted by Crippen LogP contribution is 2.15. The molecular weight excluding hydrogens is 278 g/mol. The fourth-order valence-corrected chi connectivity index (χ4v) is 1.69. The molecule has 0 fully saturated rings. The molecule has 4 nitrogen and oxygen atoms in total. The van der Waals surface area contributed by atoms with Gasteiger partial charge in [0.2, 0.25) is 0 Å². The van der Waals surface area contributed by atoms with Gasteiger partial charge in [0.25, 0.3) is 5.91 Å². The third-order valence-electron chi connectivity index (χ3n) is 2.71. The molecule has 0 atom stereocenters. The highest BCUT2D eigenvalue weighted by molar-refractivity contribution is 5.91. The quantitative estimate of drug-likeness (QED) is 0.889. The predicted molar refractivity (Wildman–Crippen MR) is 74.8 cm³/mol. The van der Waals surface area contributed by atoms with Crippen LogP contribution in [0.25, 0.3) is 0 Å². The van der Waals surface area contributed by atoms with E-state index in [0.717, 1.165) is 17.7 Å². The summed E-state index contributed by atoms with van der Waals surface area (Å²) in [6.07, 6.45) is 0. The van der Waals surface area contributed by atoms with Crippen LogP contribution in [0.3, 0.4) is 0 Å². The summed E-state index contributed by atoms with van der Waals surface area (Å²) in [6.45, 7) is 0.0625. The molecular formula is C15H14F2N2O2. The van der Waals surface area contributed by atoms with Gasteiger partial charge in [0, 0.05) is 18.3 Å². The highest BCUT2D eigenvalue weighted by atomic mass is 19.2. The third-order valence-corrected chi connectivity index (χ3v) is 2.71. The molecule has 2 rings (SSSR count). The number of benzene rings is 2. The molecule has 2 aromatic carbocycles. The van der Waals surface area contributed by atoms with Gasteiger partial charge in [-0.1, -0.05) is 12.1 Å². The molecule has 0 aliphatic rings. The predicted octanol–water partition coefficient (Wildman–Crippen LogP) is 2.44. The summed E-state index contributed by atoms with van der Waals surface area (Å²) in [5.74, 6) is -2.32. The van der Waals surface area contributed by atoms with Crippen molar-refractivity contribution < 1.29 is 18.3 Å². The molecule has 0 aliphatic heterocycles. The minimum absolute atomic E-state index is 0.0831. The zero-order chi connectivity index (χ0) is 15.2. The van der Waals surface area contributed by atoms with Crippen molar-refractivity contribution in [2.45, 2.75) is 6.54 Å². The first kappa shape index (κ1) is 14.9. The van der Waals surface area contributed by atoms with Crippen molar-refractivity contribution in [2.75, 3.05) is 11.9 Å². The van der Waals surface area contributed by atoms with E-state index in [1.807, 2.05) is 6.07 Å². The van der Waals surface area contributed by atoms with E-state index in [0.29, 0.717) is 12.2 Å². The van der Waals surface area contributed by atoms with Gasteiger partial charge in [0.05, 0.1) is 0 Å². The molecule has 0 saturated carbocycles. The zero-order valence-electron chi connectivity index (χ0n) is 11.1. The van der Waals surface area contributed by atoms with Crippen LogP contribution in [0, 0.1) is 11.6 Å². The maximum Gasteiger partial charge on any atom is 0.262 e. The molecule has 0 radical (unpaired) electrons. The van der Waals surface area contributed by atoms with E-state index in [-0.39, 0.29) is 12.4 Å². The second-order valence-electron chi connectivity index (χ2n) is 4.32. The molecule has 0 heterocycles. The van der Waals surface area contributed by atoms with Gasteiger partial charge < -0.3 is 15.8 Å². The number of anilines is 1. The van der Waals surface area contributed by atoms with Crippen molar-refractivity contribution in [1.82, 2.24) is 0 Å². The Morgan fingerprint density at radius 1 is 1.14 bits per heavy atom. The summed E-state index contributed by atoms with van der Waals surface area (Å²) < 4.78 is 30.8. The zero-order valence-corrected chi connectivity index (χ0v) is 11.1. The van der Waals surface area contributed by atoms with Crippen LogP contribution in [-0.4, -0.2) is 12.5 Å². The molecule has 0 bridgehead atoms. The molecule has 2 aromatic rings. The van der Waals surface area contributed by atoms with E-state index < -0.39 is 17.5 Å². The van der Waals surface area contributed by atoms with Gasteiger partial charge in [-0.05, 0) is 29.8 Å². The van der Waals surface area contributed by atoms with E-state index in [2.05, 4.69) is 5.32 Å². The van der Waals surface area contributed by atoms with E-state index in [4.69, 9.17) is 10.5 Å². The Bertz CT molecular complexity index is 647. The number of nitrogens with two attached hydrogens (primary N) is 1. The first-order valence-electron chi connectivity index (χ1n) is 6.25. The van der Waals surface area contributed by atoms with Gasteiger partial charge in [-0.2, -0.15) is 0 Å². The lowest BCUT2D eigenvalue weighted by atomic mass is 10.2. The lowest BCUT2D eigenvalue weighted by Crippen LogP contribution is -2.20. The Morgan fingerprint density at radius 3 is 2.67 bits per heavy atom. The van der Waals surface area contributed by atoms with Crippen molar-refractivity contribution in [3.05, 3.63) is 59.7 Å². The number of ether oxygens (including phenoxy) is 1. The number of amides is 1. The largest absolute Gasteiger partial charge is 0.484 e. The molecule has 6 heteroatoms. The normalized spacial score (nSPS) is 10.2. The number of halogens is 2. The molecule has 0 unspecified atom stereocenters. The van der Waals surface area contributed by atoms with Gasteiger partial charge in [0.1, 0.15) is 5.75 Å². The molecule has 0 aliphatic carbocycles. The highest BCUT2D eigenvalue weighted by Gasteiger charge is 2.07. The minimum Gasteiger partial charge on any atom is -0.484 e. The van der Waals surface area contributed by atoms with Crippen LogP contribution in [0.1, 0.15) is 5.56 Å². The fourth-order valence-electron chi connectivity index (χ4n) is 1.69. The second-order valence-corrected chi connectivity index (χ2v) is 4.32. The number of nitrogens with one attached hydrogen (secondary N) is 1. The summed E-state index contributed by atoms with van der Waals surface area (Å²) in [5, 5.41) is 2.63. The van der Waals surface area contributed by atoms with Crippen LogP contribution in [0.4, 0.5) is 14.5 Å². The van der Waals surface area contributed by atoms with Gasteiger partial charge in [-0.25, -0.2) is 8.78 Å². The molecule has 3 N–H and O–H groups in total. The first-order chi connectivity index (χ1) is 10.1. The smallest absolute Gasteiger partial charge is 0.262 e. The minimum atomic E-state index is -1.02. The number of carbonyl (C=O) groups excluding carboxylic acids is 1. The van der Waals surface area contributed by atoms with E-state index in [1.54, 1.807) is 18.2 Å². The second kappa shape index (κ2) is 6.81. The number of rotatable bonds is 5. The summed E-state index contributed by atoms with van der Waals surface area (Å²) in [7, 11) is 0. The Kier molecular flexibility index (Phi) is 4.84. The number of hydrogen-bond acceptors (Lipinski definition) is 3. The van der Waals surface area contributed by atoms with E-state index >= 15 is 0 Å². The topological polar surface area (TPSA) is 64.3 Å². The van der Waals surface area contributed by atoms with Crippen LogP contribution in [-0.2, 0) is 11.3 Å². The van der Waals surface area contributed by atoms with Crippen LogP contribution in [0.5, 0.6) is 5.75 Å². The fraction of sp³-hybridized carbons (Fsp3) is 0.133. The maximum absolute atomic E-state index is 13.0. The SMILES string of the molecule is NCc1cccc(NC(=O)COc2ccc(F)c(F)c2)c1. The Balaban J connectivity index is 1.90. The van der Waals surface area contributed by atoms with Gasteiger partial charge in [-0.3, -0.25) is 4.79 Å². The van der Waals surface area contributed by atoms with Gasteiger partial charge in [0.15, 0.2) is 18.2 Å². The molecule has 110 valence electrons. The van der Waals surface area contributed by atoms with Crippen molar-refractivity contribution in [3.63, 3.8) is 0 Å². The van der Waals surface area contributed by atoms with Gasteiger partial charge in [-0.15, -0.1) is 0 Å². The molecule has 0 saturated heterocycles. The first-order valence-corrected chi connectivity index (χ1v) is 6.25. The van der Waals surface area contributed by atoms with Crippen LogP contribution < -0.4 is 15.8 Å². The number of carbonyl (C=O) groups is 1. The van der Waals surface area contributed by atoms with E-state index in [1.165, 1.54) is 6.07 Å². The molecule has 1 amide bonds. The Morgan fingerprint density at radius 2 is 1.95 bits per heavy atom. The molecule has 0 aromatic heterocycles. The standard InChI is InChI=1S/C15H14F2N2O2/c16-13-5-4-12(7-14(13)17)21-9-15(20)19-11-3-1-2-10(6-11)8-18/h1-7H,8-9,18H2,(H,19,20). The average Bonchev–Trinajstić information content (AvgIpc) is 2.48. The Labute approximate surface area is 120 Å². The summed E-state index contributed by atoms with van der Waals surface area (Å²) in [4.78, 5) is 11.7. The van der Waals surface area contributed by atoms with Crippen molar-refractivity contribution in [3.8, 4) is 5.75 Å². The van der Waals surface area contributed by atoms with Crippen LogP contribution in [0.15, 0.2) is 42.5 Å². The lowest BCUT2D eigenvalue weighted by molar-refractivity contribution is -0.118. The van der Waals surface area contributed by atoms with Crippen LogP contribution in [0.2, 0.25) is 0 Å².